The van der Waals surface area contributed by atoms with E-state index in [1.54, 1.807) is 23.3 Å². The van der Waals surface area contributed by atoms with E-state index in [2.05, 4.69) is 53.5 Å². The number of carbonyl (C=O) groups is 1. The lowest BCUT2D eigenvalue weighted by Crippen LogP contribution is -2.10. The minimum absolute atomic E-state index is 0.367. The Kier molecular flexibility index (Phi) is 5.09. The number of aryl methyl sites for hydroxylation is 2. The van der Waals surface area contributed by atoms with Crippen LogP contribution in [0.25, 0.3) is 10.8 Å². The van der Waals surface area contributed by atoms with Crippen LogP contribution in [0.2, 0.25) is 0 Å². The topological polar surface area (TPSA) is 65.2 Å². The maximum atomic E-state index is 11.3. The predicted molar refractivity (Wildman–Crippen MR) is 134 cm³/mol. The summed E-state index contributed by atoms with van der Waals surface area (Å²) in [6.07, 6.45) is 8.95. The number of aromatic nitrogens is 1. The second kappa shape index (κ2) is 8.28. The molecule has 1 amide bonds. The van der Waals surface area contributed by atoms with Crippen LogP contribution in [0.3, 0.4) is 0 Å². The number of fused-ring (bicyclic) bond motifs is 3. The molecular weight excluding hydrogens is 420 g/mol. The van der Waals surface area contributed by atoms with Crippen LogP contribution in [0.1, 0.15) is 52.7 Å². The van der Waals surface area contributed by atoms with Crippen molar-refractivity contribution in [3.8, 4) is 11.6 Å². The molecule has 1 aromatic heterocycles. The van der Waals surface area contributed by atoms with Crippen molar-refractivity contribution in [2.45, 2.75) is 43.9 Å². The van der Waals surface area contributed by atoms with Gasteiger partial charge in [0.1, 0.15) is 5.75 Å². The maximum Gasteiger partial charge on any atom is 0.250 e. The highest BCUT2D eigenvalue weighted by molar-refractivity contribution is 5.92. The van der Waals surface area contributed by atoms with E-state index in [9.17, 15) is 4.79 Å². The standard InChI is InChI=1S/C30H28N2O2/c31-29(33)22-14-15-28(32-19-22)34-27-13-5-10-24-20(8-4-11-25(24)27)7-3-9-23-18-30(23)17-16-21-6-1-2-12-26(21)30/h1-2,4-6,8,10-15,19,23H,3,7,9,16-18H2,(H2,31,33)/t23-,30+/m1/s1. The summed E-state index contributed by atoms with van der Waals surface area (Å²) in [5.74, 6) is 1.55. The highest BCUT2D eigenvalue weighted by Gasteiger charge is 2.56. The monoisotopic (exact) mass is 448 g/mol. The van der Waals surface area contributed by atoms with Crippen LogP contribution >= 0.6 is 0 Å². The van der Waals surface area contributed by atoms with Gasteiger partial charge in [-0.1, -0.05) is 54.6 Å². The van der Waals surface area contributed by atoms with Crippen molar-refractivity contribution >= 4 is 16.7 Å². The van der Waals surface area contributed by atoms with Gasteiger partial charge in [-0.25, -0.2) is 4.98 Å². The SMILES string of the molecule is NC(=O)c1ccc(Oc2cccc3c(CCC[C@@H]4C[C@@]45CCc4ccccc45)cccc23)nc1. The van der Waals surface area contributed by atoms with Crippen LogP contribution in [-0.4, -0.2) is 10.9 Å². The molecule has 1 fully saturated rings. The van der Waals surface area contributed by atoms with E-state index in [0.29, 0.717) is 16.9 Å². The average Bonchev–Trinajstić information content (AvgIpc) is 3.44. The molecule has 0 radical (unpaired) electrons. The molecule has 0 saturated heterocycles. The number of amides is 1. The summed E-state index contributed by atoms with van der Waals surface area (Å²) in [6.45, 7) is 0. The van der Waals surface area contributed by atoms with Crippen LogP contribution < -0.4 is 10.5 Å². The van der Waals surface area contributed by atoms with E-state index in [0.717, 1.165) is 23.5 Å². The summed E-state index contributed by atoms with van der Waals surface area (Å²) in [6, 6.07) is 25.0. The number of primary amides is 1. The van der Waals surface area contributed by atoms with Gasteiger partial charge >= 0.3 is 0 Å². The summed E-state index contributed by atoms with van der Waals surface area (Å²) in [7, 11) is 0. The molecule has 2 aliphatic carbocycles. The summed E-state index contributed by atoms with van der Waals surface area (Å²) < 4.78 is 6.07. The Morgan fingerprint density at radius 2 is 1.85 bits per heavy atom. The number of pyridine rings is 1. The number of rotatable bonds is 7. The Hall–Kier alpha value is -3.66. The largest absolute Gasteiger partial charge is 0.438 e. The average molecular weight is 449 g/mol. The zero-order valence-electron chi connectivity index (χ0n) is 19.2. The van der Waals surface area contributed by atoms with Crippen LogP contribution in [0.5, 0.6) is 11.6 Å². The normalized spacial score (nSPS) is 20.4. The van der Waals surface area contributed by atoms with E-state index in [1.165, 1.54) is 49.3 Å². The minimum atomic E-state index is -0.497. The van der Waals surface area contributed by atoms with Crippen molar-refractivity contribution in [1.82, 2.24) is 4.98 Å². The Morgan fingerprint density at radius 3 is 2.71 bits per heavy atom. The van der Waals surface area contributed by atoms with Gasteiger partial charge in [-0.05, 0) is 84.1 Å². The first-order valence-electron chi connectivity index (χ1n) is 12.2. The number of hydrogen-bond donors (Lipinski definition) is 1. The molecule has 1 heterocycles. The molecule has 4 nitrogen and oxygen atoms in total. The number of carbonyl (C=O) groups excluding carboxylic acids is 1. The smallest absolute Gasteiger partial charge is 0.250 e. The first-order valence-corrected chi connectivity index (χ1v) is 12.2. The molecule has 34 heavy (non-hydrogen) atoms. The van der Waals surface area contributed by atoms with Crippen LogP contribution in [0.15, 0.2) is 79.0 Å². The highest BCUT2D eigenvalue weighted by Crippen LogP contribution is 2.63. The lowest BCUT2D eigenvalue weighted by molar-refractivity contribution is 0.1000. The fourth-order valence-corrected chi connectivity index (χ4v) is 6.00. The van der Waals surface area contributed by atoms with Gasteiger partial charge in [0.25, 0.3) is 0 Å². The fourth-order valence-electron chi connectivity index (χ4n) is 6.00. The lowest BCUT2D eigenvalue weighted by atomic mass is 9.92. The number of ether oxygens (including phenoxy) is 1. The third-order valence-electron chi connectivity index (χ3n) is 7.83. The molecular formula is C30H28N2O2. The van der Waals surface area contributed by atoms with Gasteiger partial charge in [-0.3, -0.25) is 4.79 Å². The second-order valence-corrected chi connectivity index (χ2v) is 9.73. The molecule has 4 heteroatoms. The first-order chi connectivity index (χ1) is 16.6. The van der Waals surface area contributed by atoms with Crippen LogP contribution in [0, 0.1) is 5.92 Å². The van der Waals surface area contributed by atoms with Crippen molar-refractivity contribution in [2.24, 2.45) is 11.7 Å². The van der Waals surface area contributed by atoms with Gasteiger partial charge in [0.15, 0.2) is 0 Å². The molecule has 1 saturated carbocycles. The zero-order chi connectivity index (χ0) is 23.1. The zero-order valence-corrected chi connectivity index (χ0v) is 19.2. The molecule has 0 unspecified atom stereocenters. The van der Waals surface area contributed by atoms with E-state index in [-0.39, 0.29) is 0 Å². The van der Waals surface area contributed by atoms with Gasteiger partial charge in [0.05, 0.1) is 5.56 Å². The van der Waals surface area contributed by atoms with Crippen molar-refractivity contribution in [1.29, 1.82) is 0 Å². The quantitative estimate of drug-likeness (QED) is 0.358. The van der Waals surface area contributed by atoms with Gasteiger partial charge in [0.2, 0.25) is 11.8 Å². The van der Waals surface area contributed by atoms with Gasteiger partial charge < -0.3 is 10.5 Å². The maximum absolute atomic E-state index is 11.3. The third kappa shape index (κ3) is 3.63. The Bertz CT molecular complexity index is 1380. The molecule has 2 aliphatic rings. The molecule has 1 spiro atoms. The summed E-state index contributed by atoms with van der Waals surface area (Å²) in [4.78, 5) is 15.5. The van der Waals surface area contributed by atoms with Crippen LogP contribution in [0.4, 0.5) is 0 Å². The van der Waals surface area contributed by atoms with E-state index < -0.39 is 5.91 Å². The lowest BCUT2D eigenvalue weighted by Gasteiger charge is -2.13. The van der Waals surface area contributed by atoms with E-state index >= 15 is 0 Å². The molecule has 0 aliphatic heterocycles. The second-order valence-electron chi connectivity index (χ2n) is 9.73. The number of nitrogens with zero attached hydrogens (tertiary/aromatic N) is 1. The Labute approximate surface area is 199 Å². The van der Waals surface area contributed by atoms with Crippen molar-refractivity contribution in [3.63, 3.8) is 0 Å². The number of nitrogens with two attached hydrogens (primary N) is 1. The molecule has 3 aromatic carbocycles. The predicted octanol–water partition coefficient (Wildman–Crippen LogP) is 6.35. The molecule has 170 valence electrons. The minimum Gasteiger partial charge on any atom is -0.438 e. The van der Waals surface area contributed by atoms with Gasteiger partial charge in [-0.15, -0.1) is 0 Å². The molecule has 2 atom stereocenters. The molecule has 0 bridgehead atoms. The fraction of sp³-hybridized carbons (Fsp3) is 0.267. The van der Waals surface area contributed by atoms with E-state index in [1.807, 2.05) is 12.1 Å². The van der Waals surface area contributed by atoms with Gasteiger partial charge in [0, 0.05) is 17.6 Å². The number of hydrogen-bond acceptors (Lipinski definition) is 3. The van der Waals surface area contributed by atoms with Crippen molar-refractivity contribution < 1.29 is 9.53 Å². The van der Waals surface area contributed by atoms with Crippen LogP contribution in [-0.2, 0) is 18.3 Å². The number of benzene rings is 3. The third-order valence-corrected chi connectivity index (χ3v) is 7.83. The van der Waals surface area contributed by atoms with Crippen molar-refractivity contribution in [3.05, 3.63) is 101 Å². The highest BCUT2D eigenvalue weighted by atomic mass is 16.5. The first kappa shape index (κ1) is 20.9. The summed E-state index contributed by atoms with van der Waals surface area (Å²) >= 11 is 0. The molecule has 6 rings (SSSR count). The molecule has 2 N–H and O–H groups in total. The summed E-state index contributed by atoms with van der Waals surface area (Å²) in [5, 5.41) is 2.30. The Balaban J connectivity index is 1.15. The summed E-state index contributed by atoms with van der Waals surface area (Å²) in [5.41, 5.74) is 10.7. The van der Waals surface area contributed by atoms with Gasteiger partial charge in [-0.2, -0.15) is 0 Å². The van der Waals surface area contributed by atoms with Crippen molar-refractivity contribution in [2.75, 3.05) is 0 Å². The Morgan fingerprint density at radius 1 is 1.00 bits per heavy atom. The van der Waals surface area contributed by atoms with E-state index in [4.69, 9.17) is 10.5 Å². The molecule has 4 aromatic rings.